The van der Waals surface area contributed by atoms with Crippen LogP contribution in [0.5, 0.6) is 0 Å². The van der Waals surface area contributed by atoms with E-state index in [1.165, 1.54) is 0 Å². The average molecular weight is 213 g/mol. The lowest BCUT2D eigenvalue weighted by molar-refractivity contribution is -0.139. The van der Waals surface area contributed by atoms with Crippen molar-refractivity contribution in [2.24, 2.45) is 22.4 Å². The van der Waals surface area contributed by atoms with Crippen LogP contribution < -0.4 is 0 Å². The maximum Gasteiger partial charge on any atom is 0.307 e. The van der Waals surface area contributed by atoms with Crippen LogP contribution in [0.2, 0.25) is 0 Å². The van der Waals surface area contributed by atoms with Crippen LogP contribution in [0.3, 0.4) is 0 Å². The molecule has 1 N–H and O–H groups in total. The van der Waals surface area contributed by atoms with Gasteiger partial charge in [0, 0.05) is 12.1 Å². The van der Waals surface area contributed by atoms with Gasteiger partial charge in [-0.3, -0.25) is 4.79 Å². The van der Waals surface area contributed by atoms with Crippen molar-refractivity contribution in [3.63, 3.8) is 0 Å². The highest BCUT2D eigenvalue weighted by molar-refractivity contribution is 5.84. The molecule has 0 aromatic rings. The second kappa shape index (κ2) is 4.21. The first-order valence-electron chi connectivity index (χ1n) is 5.33. The Morgan fingerprint density at radius 3 is 2.67 bits per heavy atom. The predicted octanol–water partition coefficient (Wildman–Crippen LogP) is 2.14. The first-order chi connectivity index (χ1) is 6.91. The molecule has 0 aromatic heterocycles. The highest BCUT2D eigenvalue weighted by atomic mass is 16.6. The fourth-order valence-corrected chi connectivity index (χ4v) is 1.71. The number of oxime groups is 1. The van der Waals surface area contributed by atoms with E-state index in [2.05, 4.69) is 5.16 Å². The van der Waals surface area contributed by atoms with Gasteiger partial charge < -0.3 is 9.94 Å². The molecule has 4 heteroatoms. The van der Waals surface area contributed by atoms with Gasteiger partial charge in [0.1, 0.15) is 6.10 Å². The van der Waals surface area contributed by atoms with E-state index >= 15 is 0 Å². The Kier molecular flexibility index (Phi) is 3.37. The first kappa shape index (κ1) is 12.0. The molecule has 0 radical (unpaired) electrons. The van der Waals surface area contributed by atoms with Crippen molar-refractivity contribution in [1.29, 1.82) is 0 Å². The monoisotopic (exact) mass is 213 g/mol. The van der Waals surface area contributed by atoms with Crippen LogP contribution in [0, 0.1) is 17.3 Å². The van der Waals surface area contributed by atoms with E-state index in [1.54, 1.807) is 6.21 Å². The number of nitrogens with zero attached hydrogens (tertiary/aromatic N) is 1. The lowest BCUT2D eigenvalue weighted by Crippen LogP contribution is -2.03. The fraction of sp³-hybridized carbons (Fsp3) is 0.818. The van der Waals surface area contributed by atoms with E-state index in [0.29, 0.717) is 0 Å². The summed E-state index contributed by atoms with van der Waals surface area (Å²) in [5, 5.41) is 12.8. The molecule has 3 atom stereocenters. The maximum atomic E-state index is 10.8. The zero-order valence-electron chi connectivity index (χ0n) is 9.73. The molecule has 86 valence electrons. The highest BCUT2D eigenvalue weighted by Crippen LogP contribution is 2.57. The Balaban J connectivity index is 2.44. The summed E-state index contributed by atoms with van der Waals surface area (Å²) in [6.45, 7) is 7.82. The summed E-state index contributed by atoms with van der Waals surface area (Å²) in [6, 6.07) is 0. The molecule has 1 aliphatic carbocycles. The zero-order chi connectivity index (χ0) is 11.6. The van der Waals surface area contributed by atoms with Gasteiger partial charge in [-0.25, -0.2) is 0 Å². The van der Waals surface area contributed by atoms with Crippen LogP contribution in [-0.2, 0) is 9.63 Å². The Morgan fingerprint density at radius 1 is 1.67 bits per heavy atom. The van der Waals surface area contributed by atoms with Gasteiger partial charge >= 0.3 is 5.97 Å². The van der Waals surface area contributed by atoms with Gasteiger partial charge in [-0.2, -0.15) is 0 Å². The second-order valence-electron chi connectivity index (χ2n) is 4.74. The normalized spacial score (nSPS) is 30.1. The largest absolute Gasteiger partial charge is 0.481 e. The third-order valence-electron chi connectivity index (χ3n) is 3.21. The Hall–Kier alpha value is -1.06. The van der Waals surface area contributed by atoms with Gasteiger partial charge in [-0.05, 0) is 18.8 Å². The van der Waals surface area contributed by atoms with E-state index in [0.717, 1.165) is 6.42 Å². The fourth-order valence-electron chi connectivity index (χ4n) is 1.71. The number of aliphatic carboxylic acids is 1. The Labute approximate surface area is 90.3 Å². The molecule has 0 saturated heterocycles. The molecule has 1 saturated carbocycles. The molecule has 4 nitrogen and oxygen atoms in total. The van der Waals surface area contributed by atoms with Crippen LogP contribution >= 0.6 is 0 Å². The van der Waals surface area contributed by atoms with Crippen LogP contribution in [0.1, 0.15) is 34.1 Å². The van der Waals surface area contributed by atoms with Crippen LogP contribution in [-0.4, -0.2) is 23.4 Å². The summed E-state index contributed by atoms with van der Waals surface area (Å²) in [4.78, 5) is 16.0. The lowest BCUT2D eigenvalue weighted by Gasteiger charge is -2.04. The van der Waals surface area contributed by atoms with Crippen molar-refractivity contribution in [2.75, 3.05) is 0 Å². The third-order valence-corrected chi connectivity index (χ3v) is 3.21. The van der Waals surface area contributed by atoms with E-state index in [1.807, 2.05) is 27.7 Å². The molecule has 0 aromatic carbocycles. The molecule has 0 bridgehead atoms. The summed E-state index contributed by atoms with van der Waals surface area (Å²) in [5.74, 6) is -1.07. The number of hydrogen-bond acceptors (Lipinski definition) is 3. The van der Waals surface area contributed by atoms with Gasteiger partial charge in [-0.1, -0.05) is 25.9 Å². The van der Waals surface area contributed by atoms with Crippen molar-refractivity contribution in [2.45, 2.75) is 40.2 Å². The molecule has 3 unspecified atom stereocenters. The minimum atomic E-state index is -0.750. The lowest BCUT2D eigenvalue weighted by atomic mass is 10.1. The topological polar surface area (TPSA) is 58.9 Å². The van der Waals surface area contributed by atoms with Gasteiger partial charge in [-0.15, -0.1) is 0 Å². The van der Waals surface area contributed by atoms with Crippen molar-refractivity contribution in [1.82, 2.24) is 0 Å². The molecule has 1 rings (SSSR count). The van der Waals surface area contributed by atoms with E-state index in [9.17, 15) is 4.79 Å². The maximum absolute atomic E-state index is 10.8. The third kappa shape index (κ3) is 2.49. The summed E-state index contributed by atoms with van der Waals surface area (Å²) in [7, 11) is 0. The van der Waals surface area contributed by atoms with Crippen molar-refractivity contribution >= 4 is 12.2 Å². The summed E-state index contributed by atoms with van der Waals surface area (Å²) in [5.41, 5.74) is -0.186. The summed E-state index contributed by atoms with van der Waals surface area (Å²) < 4.78 is 0. The summed E-state index contributed by atoms with van der Waals surface area (Å²) in [6.07, 6.45) is 2.62. The molecular formula is C11H19NO3. The van der Waals surface area contributed by atoms with Gasteiger partial charge in [0.2, 0.25) is 0 Å². The van der Waals surface area contributed by atoms with Crippen LogP contribution in [0.4, 0.5) is 0 Å². The summed E-state index contributed by atoms with van der Waals surface area (Å²) >= 11 is 0. The van der Waals surface area contributed by atoms with Crippen molar-refractivity contribution in [3.05, 3.63) is 0 Å². The highest BCUT2D eigenvalue weighted by Gasteiger charge is 2.61. The number of carbonyl (C=O) groups is 1. The quantitative estimate of drug-likeness (QED) is 0.562. The van der Waals surface area contributed by atoms with Gasteiger partial charge in [0.25, 0.3) is 0 Å². The molecule has 0 amide bonds. The first-order valence-corrected chi connectivity index (χ1v) is 5.33. The SMILES string of the molecule is CCC(C)ON=CC1C(C(=O)O)C1(C)C. The second-order valence-corrected chi connectivity index (χ2v) is 4.74. The molecule has 0 aliphatic heterocycles. The van der Waals surface area contributed by atoms with E-state index < -0.39 is 5.97 Å². The Bertz CT molecular complexity index is 273. The molecule has 1 fully saturated rings. The van der Waals surface area contributed by atoms with Crippen molar-refractivity contribution < 1.29 is 14.7 Å². The number of hydrogen-bond donors (Lipinski definition) is 1. The van der Waals surface area contributed by atoms with E-state index in [4.69, 9.17) is 9.94 Å². The molecule has 0 heterocycles. The standard InChI is InChI=1S/C11H19NO3/c1-5-7(2)15-12-6-8-9(10(13)14)11(8,3)4/h6-9H,5H2,1-4H3,(H,13,14). The van der Waals surface area contributed by atoms with Crippen LogP contribution in [0.15, 0.2) is 5.16 Å². The number of carboxylic acid groups (broad SMARTS) is 1. The average Bonchev–Trinajstić information content (AvgIpc) is 2.68. The minimum Gasteiger partial charge on any atom is -0.481 e. The Morgan fingerprint density at radius 2 is 2.27 bits per heavy atom. The molecule has 1 aliphatic rings. The minimum absolute atomic E-state index is 0.000874. The molecule has 15 heavy (non-hydrogen) atoms. The number of carboxylic acids is 1. The zero-order valence-corrected chi connectivity index (χ0v) is 9.73. The van der Waals surface area contributed by atoms with Crippen LogP contribution in [0.25, 0.3) is 0 Å². The predicted molar refractivity (Wildman–Crippen MR) is 57.7 cm³/mol. The van der Waals surface area contributed by atoms with E-state index in [-0.39, 0.29) is 23.4 Å². The van der Waals surface area contributed by atoms with Gasteiger partial charge in [0.05, 0.1) is 5.92 Å². The molecular weight excluding hydrogens is 194 g/mol. The van der Waals surface area contributed by atoms with Crippen molar-refractivity contribution in [3.8, 4) is 0 Å². The van der Waals surface area contributed by atoms with Gasteiger partial charge in [0.15, 0.2) is 0 Å². The number of rotatable bonds is 5. The smallest absolute Gasteiger partial charge is 0.307 e. The molecule has 0 spiro atoms.